The van der Waals surface area contributed by atoms with Crippen molar-refractivity contribution < 1.29 is 27.2 Å². The van der Waals surface area contributed by atoms with Gasteiger partial charge in [-0.15, -0.1) is 0 Å². The topological polar surface area (TPSA) is 71.1 Å². The van der Waals surface area contributed by atoms with Crippen molar-refractivity contribution in [1.29, 1.82) is 0 Å². The molecule has 194 valence electrons. The van der Waals surface area contributed by atoms with Gasteiger partial charge < -0.3 is 18.1 Å². The summed E-state index contributed by atoms with van der Waals surface area (Å²) >= 11 is 1.32. The zero-order valence-corrected chi connectivity index (χ0v) is 23.8. The molecule has 6 nitrogen and oxygen atoms in total. The van der Waals surface area contributed by atoms with E-state index in [2.05, 4.69) is 20.8 Å². The van der Waals surface area contributed by atoms with Crippen molar-refractivity contribution >= 4 is 37.1 Å². The molecular formula is C24H46O6P2S. The number of hydrogen-bond donors (Lipinski definition) is 0. The molecule has 1 aromatic rings. The van der Waals surface area contributed by atoms with E-state index in [1.54, 1.807) is 17.7 Å². The Labute approximate surface area is 206 Å². The van der Waals surface area contributed by atoms with Gasteiger partial charge in [0.15, 0.2) is 0 Å². The lowest BCUT2D eigenvalue weighted by Gasteiger charge is -2.23. The average molecular weight is 525 g/mol. The first kappa shape index (κ1) is 31.0. The summed E-state index contributed by atoms with van der Waals surface area (Å²) in [4.78, 5) is 0. The molecular weight excluding hydrogens is 478 g/mol. The monoisotopic (exact) mass is 524 g/mol. The predicted molar refractivity (Wildman–Crippen MR) is 141 cm³/mol. The van der Waals surface area contributed by atoms with Gasteiger partial charge in [0, 0.05) is 10.8 Å². The van der Waals surface area contributed by atoms with Gasteiger partial charge in [-0.05, 0) is 26.2 Å². The Morgan fingerprint density at radius 1 is 0.576 bits per heavy atom. The van der Waals surface area contributed by atoms with Crippen molar-refractivity contribution in [2.24, 2.45) is 0 Å². The van der Waals surface area contributed by atoms with Crippen LogP contribution in [0, 0.1) is 0 Å². The highest BCUT2D eigenvalue weighted by molar-refractivity contribution is 7.69. The molecule has 1 unspecified atom stereocenters. The summed E-state index contributed by atoms with van der Waals surface area (Å²) in [5.41, 5.74) is 0. The number of thiophene rings is 1. The van der Waals surface area contributed by atoms with Gasteiger partial charge in [0.25, 0.3) is 0 Å². The fourth-order valence-electron chi connectivity index (χ4n) is 3.36. The van der Waals surface area contributed by atoms with Crippen LogP contribution >= 0.6 is 26.5 Å². The summed E-state index contributed by atoms with van der Waals surface area (Å²) in [6.45, 7) is 9.50. The van der Waals surface area contributed by atoms with Gasteiger partial charge in [0.2, 0.25) is 0 Å². The van der Waals surface area contributed by atoms with E-state index in [1.807, 2.05) is 0 Å². The molecule has 1 rings (SSSR count). The smallest absolute Gasteiger partial charge is 0.305 e. The molecule has 1 atom stereocenters. The van der Waals surface area contributed by atoms with Crippen LogP contribution in [0.5, 0.6) is 0 Å². The van der Waals surface area contributed by atoms with Crippen LogP contribution in [0.3, 0.4) is 0 Å². The second-order valence-corrected chi connectivity index (χ2v) is 13.0. The third-order valence-corrected chi connectivity index (χ3v) is 10.6. The van der Waals surface area contributed by atoms with Crippen LogP contribution in [-0.2, 0) is 27.2 Å². The molecule has 1 aromatic heterocycles. The fourth-order valence-corrected chi connectivity index (χ4v) is 9.09. The second-order valence-electron chi connectivity index (χ2n) is 8.24. The molecule has 0 spiro atoms. The lowest BCUT2D eigenvalue weighted by molar-refractivity contribution is 0.205. The summed E-state index contributed by atoms with van der Waals surface area (Å²) < 4.78 is 51.0. The molecule has 0 aliphatic heterocycles. The molecule has 0 saturated carbocycles. The molecule has 0 N–H and O–H groups in total. The maximum absolute atomic E-state index is 14.0. The Hall–Kier alpha value is -0.0000000000000000416. The zero-order chi connectivity index (χ0) is 24.4. The Morgan fingerprint density at radius 2 is 0.939 bits per heavy atom. The summed E-state index contributed by atoms with van der Waals surface area (Å²) in [5.74, 6) is 0. The van der Waals surface area contributed by atoms with Crippen LogP contribution in [0.1, 0.15) is 105 Å². The van der Waals surface area contributed by atoms with E-state index in [0.717, 1.165) is 77.0 Å². The molecule has 0 radical (unpaired) electrons. The molecule has 0 aliphatic rings. The third kappa shape index (κ3) is 11.5. The minimum atomic E-state index is -3.65. The van der Waals surface area contributed by atoms with Gasteiger partial charge in [-0.3, -0.25) is 9.13 Å². The van der Waals surface area contributed by atoms with E-state index >= 15 is 0 Å². The van der Waals surface area contributed by atoms with Crippen LogP contribution in [0.25, 0.3) is 0 Å². The standard InChI is InChI=1S/C24H46O6P2S/c1-5-9-12-15-18-28-31(25,27-8-4)23-21-33-22-24(23)32(26,29-19-16-13-10-6-2)30-20-17-14-11-7-3/h21-22H,5-20H2,1-4H3. The predicted octanol–water partition coefficient (Wildman–Crippen LogP) is 8.21. The zero-order valence-electron chi connectivity index (χ0n) is 21.2. The number of hydrogen-bond acceptors (Lipinski definition) is 7. The molecule has 0 amide bonds. The van der Waals surface area contributed by atoms with E-state index in [1.165, 1.54) is 11.3 Å². The van der Waals surface area contributed by atoms with Gasteiger partial charge in [-0.2, -0.15) is 11.3 Å². The molecule has 0 aliphatic carbocycles. The largest absolute Gasteiger partial charge is 0.363 e. The number of unbranched alkanes of at least 4 members (excludes halogenated alkanes) is 9. The maximum Gasteiger partial charge on any atom is 0.363 e. The van der Waals surface area contributed by atoms with Crippen LogP contribution in [0.15, 0.2) is 10.8 Å². The fraction of sp³-hybridized carbons (Fsp3) is 0.833. The van der Waals surface area contributed by atoms with Crippen molar-refractivity contribution in [1.82, 2.24) is 0 Å². The third-order valence-electron chi connectivity index (χ3n) is 5.29. The van der Waals surface area contributed by atoms with E-state index in [4.69, 9.17) is 18.1 Å². The molecule has 1 heterocycles. The van der Waals surface area contributed by atoms with Crippen LogP contribution in [-0.4, -0.2) is 26.4 Å². The van der Waals surface area contributed by atoms with Gasteiger partial charge in [-0.25, -0.2) is 0 Å². The van der Waals surface area contributed by atoms with E-state index in [0.29, 0.717) is 30.4 Å². The lowest BCUT2D eigenvalue weighted by Crippen LogP contribution is -2.26. The summed E-state index contributed by atoms with van der Waals surface area (Å²) in [5, 5.41) is 4.10. The summed E-state index contributed by atoms with van der Waals surface area (Å²) in [7, 11) is -7.28. The Bertz CT molecular complexity index is 691. The minimum absolute atomic E-state index is 0.238. The van der Waals surface area contributed by atoms with E-state index < -0.39 is 15.2 Å². The average Bonchev–Trinajstić information content (AvgIpc) is 3.31. The van der Waals surface area contributed by atoms with Crippen molar-refractivity contribution in [2.45, 2.75) is 105 Å². The SMILES string of the molecule is CCCCCCOP(=O)(OCC)c1cscc1P(=O)(OCCCCCC)OCCCCCC. The van der Waals surface area contributed by atoms with Gasteiger partial charge >= 0.3 is 15.2 Å². The van der Waals surface area contributed by atoms with Crippen molar-refractivity contribution in [3.05, 3.63) is 10.8 Å². The Kier molecular flexibility index (Phi) is 17.2. The quantitative estimate of drug-likeness (QED) is 0.112. The van der Waals surface area contributed by atoms with Gasteiger partial charge in [0.1, 0.15) is 0 Å². The second kappa shape index (κ2) is 18.3. The van der Waals surface area contributed by atoms with Gasteiger partial charge in [-0.1, -0.05) is 78.6 Å². The van der Waals surface area contributed by atoms with E-state index in [9.17, 15) is 9.13 Å². The molecule has 9 heteroatoms. The molecule has 0 aromatic carbocycles. The molecule has 0 saturated heterocycles. The normalized spacial score (nSPS) is 13.9. The maximum atomic E-state index is 14.0. The van der Waals surface area contributed by atoms with E-state index in [-0.39, 0.29) is 6.61 Å². The first-order valence-corrected chi connectivity index (χ1v) is 16.9. The lowest BCUT2D eigenvalue weighted by atomic mass is 10.2. The Morgan fingerprint density at radius 3 is 1.27 bits per heavy atom. The van der Waals surface area contributed by atoms with Crippen LogP contribution in [0.4, 0.5) is 0 Å². The van der Waals surface area contributed by atoms with Crippen molar-refractivity contribution in [3.8, 4) is 0 Å². The first-order chi connectivity index (χ1) is 16.0. The Balaban J connectivity index is 3.02. The van der Waals surface area contributed by atoms with Gasteiger partial charge in [0.05, 0.1) is 37.0 Å². The highest BCUT2D eigenvalue weighted by Gasteiger charge is 2.40. The highest BCUT2D eigenvalue weighted by atomic mass is 32.1. The minimum Gasteiger partial charge on any atom is -0.305 e. The molecule has 0 fully saturated rings. The van der Waals surface area contributed by atoms with Crippen LogP contribution < -0.4 is 10.6 Å². The first-order valence-electron chi connectivity index (χ1n) is 12.8. The summed E-state index contributed by atoms with van der Waals surface area (Å²) in [6.07, 6.45) is 12.2. The van der Waals surface area contributed by atoms with Crippen molar-refractivity contribution in [3.63, 3.8) is 0 Å². The van der Waals surface area contributed by atoms with Crippen molar-refractivity contribution in [2.75, 3.05) is 26.4 Å². The highest BCUT2D eigenvalue weighted by Crippen LogP contribution is 2.54. The number of rotatable bonds is 22. The van der Waals surface area contributed by atoms with Crippen LogP contribution in [0.2, 0.25) is 0 Å². The molecule has 0 bridgehead atoms. The molecule has 33 heavy (non-hydrogen) atoms. The summed E-state index contributed by atoms with van der Waals surface area (Å²) in [6, 6.07) is 0.